The zero-order valence-corrected chi connectivity index (χ0v) is 22.8. The van der Waals surface area contributed by atoms with Crippen LogP contribution in [0.1, 0.15) is 59.5 Å². The molecule has 2 saturated carbocycles. The number of ether oxygens (including phenoxy) is 1. The Morgan fingerprint density at radius 2 is 2.08 bits per heavy atom. The summed E-state index contributed by atoms with van der Waals surface area (Å²) < 4.78 is 7.77. The van der Waals surface area contributed by atoms with Gasteiger partial charge in [0.25, 0.3) is 11.5 Å². The maximum absolute atomic E-state index is 13.6. The van der Waals surface area contributed by atoms with Crippen molar-refractivity contribution in [1.29, 1.82) is 0 Å². The molecule has 2 aromatic heterocycles. The predicted octanol–water partition coefficient (Wildman–Crippen LogP) is 4.32. The predicted molar refractivity (Wildman–Crippen MR) is 147 cm³/mol. The molecule has 0 spiro atoms. The average Bonchev–Trinajstić information content (AvgIpc) is 3.14. The van der Waals surface area contributed by atoms with Gasteiger partial charge in [0.1, 0.15) is 0 Å². The minimum atomic E-state index is -0.145. The van der Waals surface area contributed by atoms with E-state index in [0.717, 1.165) is 40.4 Å². The highest BCUT2D eigenvalue weighted by Crippen LogP contribution is 2.61. The number of H-pyrrole nitrogens is 1. The first-order chi connectivity index (χ1) is 17.8. The fourth-order valence-electron chi connectivity index (χ4n) is 7.10. The number of aromatic amines is 1. The second kappa shape index (κ2) is 9.33. The highest BCUT2D eigenvalue weighted by Gasteiger charge is 2.61. The largest absolute Gasteiger partial charge is 0.378 e. The Morgan fingerprint density at radius 1 is 1.30 bits per heavy atom. The minimum Gasteiger partial charge on any atom is -0.378 e. The lowest BCUT2D eigenvalue weighted by atomic mass is 9.46. The number of amides is 1. The van der Waals surface area contributed by atoms with Gasteiger partial charge in [-0.3, -0.25) is 9.59 Å². The van der Waals surface area contributed by atoms with E-state index in [1.807, 2.05) is 31.4 Å². The summed E-state index contributed by atoms with van der Waals surface area (Å²) in [5.41, 5.74) is 4.37. The standard InChI is InChI=1S/C29H36N4O3S/c1-16-11-25(37-4)22(27(34)31-16)13-30-28(35)26-18(3)33(24-8-6-5-7-20(24)26)17(2)21-12-29(10-9-23(21)29)32-19-14-36-15-19/h5-8,11,17,19,21,23,32H,9-10,12-15H2,1-4H3,(H,30,35)(H,31,34)/t17-,21?,23?,29?/m1/s1. The van der Waals surface area contributed by atoms with Gasteiger partial charge in [-0.05, 0) is 70.3 Å². The molecule has 1 saturated heterocycles. The SMILES string of the molecule is CSc1cc(C)[nH]c(=O)c1CNC(=O)c1c(C)n([C@H](C)C2CC3(NC4COC4)CCC23)c2ccccc12. The Kier molecular flexibility index (Phi) is 6.24. The van der Waals surface area contributed by atoms with Crippen LogP contribution >= 0.6 is 11.8 Å². The van der Waals surface area contributed by atoms with E-state index in [9.17, 15) is 9.59 Å². The van der Waals surface area contributed by atoms with Gasteiger partial charge in [-0.15, -0.1) is 11.8 Å². The number of carbonyl (C=O) groups is 1. The summed E-state index contributed by atoms with van der Waals surface area (Å²) in [5, 5.41) is 7.92. The van der Waals surface area contributed by atoms with Gasteiger partial charge in [-0.1, -0.05) is 18.2 Å². The van der Waals surface area contributed by atoms with Crippen molar-refractivity contribution < 1.29 is 9.53 Å². The second-order valence-corrected chi connectivity index (χ2v) is 12.0. The molecule has 0 bridgehead atoms. The first-order valence-corrected chi connectivity index (χ1v) is 14.6. The minimum absolute atomic E-state index is 0.134. The number of benzene rings is 1. The molecule has 3 aromatic rings. The van der Waals surface area contributed by atoms with E-state index in [1.165, 1.54) is 31.0 Å². The molecule has 8 heteroatoms. The zero-order valence-electron chi connectivity index (χ0n) is 22.0. The van der Waals surface area contributed by atoms with Crippen LogP contribution in [-0.2, 0) is 11.3 Å². The summed E-state index contributed by atoms with van der Waals surface area (Å²) in [6.45, 7) is 8.12. The number of hydrogen-bond acceptors (Lipinski definition) is 5. The van der Waals surface area contributed by atoms with Crippen molar-refractivity contribution in [3.63, 3.8) is 0 Å². The molecule has 3 heterocycles. The van der Waals surface area contributed by atoms with Crippen LogP contribution < -0.4 is 16.2 Å². The van der Waals surface area contributed by atoms with Crippen molar-refractivity contribution in [1.82, 2.24) is 20.2 Å². The molecule has 2 aliphatic carbocycles. The number of pyridine rings is 1. The Hall–Kier alpha value is -2.55. The van der Waals surface area contributed by atoms with Gasteiger partial charge in [0.2, 0.25) is 0 Å². The van der Waals surface area contributed by atoms with Crippen molar-refractivity contribution in [2.24, 2.45) is 11.8 Å². The number of aryl methyl sites for hydroxylation is 1. The van der Waals surface area contributed by atoms with Crippen LogP contribution in [0.25, 0.3) is 10.9 Å². The first kappa shape index (κ1) is 24.8. The maximum atomic E-state index is 13.6. The molecule has 0 radical (unpaired) electrons. The molecule has 7 nitrogen and oxygen atoms in total. The Labute approximate surface area is 221 Å². The number of carbonyl (C=O) groups excluding carboxylic acids is 1. The fourth-order valence-corrected chi connectivity index (χ4v) is 7.80. The third-order valence-corrected chi connectivity index (χ3v) is 9.95. The van der Waals surface area contributed by atoms with Crippen molar-refractivity contribution in [2.45, 2.75) is 69.1 Å². The van der Waals surface area contributed by atoms with E-state index in [2.05, 4.69) is 46.2 Å². The molecule has 37 heavy (non-hydrogen) atoms. The number of nitrogens with one attached hydrogen (secondary N) is 3. The Bertz CT molecular complexity index is 1420. The lowest BCUT2D eigenvalue weighted by Crippen LogP contribution is -2.73. The molecule has 3 N–H and O–H groups in total. The number of para-hydroxylation sites is 1. The van der Waals surface area contributed by atoms with Gasteiger partial charge in [-0.2, -0.15) is 0 Å². The summed E-state index contributed by atoms with van der Waals surface area (Å²) in [7, 11) is 0. The van der Waals surface area contributed by atoms with E-state index in [0.29, 0.717) is 40.6 Å². The number of thioether (sulfide) groups is 1. The zero-order chi connectivity index (χ0) is 25.9. The van der Waals surface area contributed by atoms with Crippen LogP contribution in [0.4, 0.5) is 0 Å². The Balaban J connectivity index is 1.26. The topological polar surface area (TPSA) is 88.2 Å². The third-order valence-electron chi connectivity index (χ3n) is 9.14. The summed E-state index contributed by atoms with van der Waals surface area (Å²) in [4.78, 5) is 29.9. The van der Waals surface area contributed by atoms with Gasteiger partial charge in [-0.25, -0.2) is 0 Å². The molecule has 1 aromatic carbocycles. The number of hydrogen-bond donors (Lipinski definition) is 3. The van der Waals surface area contributed by atoms with Crippen LogP contribution in [0.3, 0.4) is 0 Å². The van der Waals surface area contributed by atoms with Gasteiger partial charge >= 0.3 is 0 Å². The monoisotopic (exact) mass is 520 g/mol. The Morgan fingerprint density at radius 3 is 2.73 bits per heavy atom. The van der Waals surface area contributed by atoms with Gasteiger partial charge in [0.05, 0.1) is 24.8 Å². The van der Waals surface area contributed by atoms with Crippen molar-refractivity contribution in [3.05, 3.63) is 63.2 Å². The molecule has 196 valence electrons. The van der Waals surface area contributed by atoms with Gasteiger partial charge in [0, 0.05) is 50.9 Å². The number of aromatic nitrogens is 2. The number of nitrogens with zero attached hydrogens (tertiary/aromatic N) is 1. The van der Waals surface area contributed by atoms with Crippen LogP contribution in [-0.4, -0.2) is 46.5 Å². The lowest BCUT2D eigenvalue weighted by molar-refractivity contribution is -0.132. The van der Waals surface area contributed by atoms with Crippen LogP contribution in [0.15, 0.2) is 40.0 Å². The number of fused-ring (bicyclic) bond motifs is 2. The van der Waals surface area contributed by atoms with Crippen LogP contribution in [0.2, 0.25) is 0 Å². The molecular formula is C29H36N4O3S. The van der Waals surface area contributed by atoms with E-state index in [1.54, 1.807) is 0 Å². The maximum Gasteiger partial charge on any atom is 0.254 e. The lowest BCUT2D eigenvalue weighted by Gasteiger charge is -2.66. The van der Waals surface area contributed by atoms with Crippen molar-refractivity contribution in [2.75, 3.05) is 19.5 Å². The van der Waals surface area contributed by atoms with Crippen LogP contribution in [0, 0.1) is 25.7 Å². The van der Waals surface area contributed by atoms with Crippen molar-refractivity contribution >= 4 is 28.6 Å². The smallest absolute Gasteiger partial charge is 0.254 e. The summed E-state index contributed by atoms with van der Waals surface area (Å²) >= 11 is 1.52. The average molecular weight is 521 g/mol. The molecular weight excluding hydrogens is 484 g/mol. The molecule has 3 aliphatic rings. The highest BCUT2D eigenvalue weighted by molar-refractivity contribution is 7.98. The molecule has 3 unspecified atom stereocenters. The van der Waals surface area contributed by atoms with Gasteiger partial charge in [0.15, 0.2) is 0 Å². The molecule has 6 rings (SSSR count). The summed E-state index contributed by atoms with van der Waals surface area (Å²) in [6, 6.07) is 11.0. The van der Waals surface area contributed by atoms with E-state index >= 15 is 0 Å². The number of rotatable bonds is 8. The molecule has 4 atom stereocenters. The van der Waals surface area contributed by atoms with Crippen LogP contribution in [0.5, 0.6) is 0 Å². The molecule has 1 amide bonds. The summed E-state index contributed by atoms with van der Waals surface area (Å²) in [6.07, 6.45) is 5.65. The quantitative estimate of drug-likeness (QED) is 0.385. The fraction of sp³-hybridized carbons (Fsp3) is 0.517. The third kappa shape index (κ3) is 3.96. The molecule has 3 fully saturated rings. The highest BCUT2D eigenvalue weighted by atomic mass is 32.2. The van der Waals surface area contributed by atoms with Crippen molar-refractivity contribution in [3.8, 4) is 0 Å². The molecule has 1 aliphatic heterocycles. The van der Waals surface area contributed by atoms with E-state index in [4.69, 9.17) is 4.74 Å². The van der Waals surface area contributed by atoms with Gasteiger partial charge < -0.3 is 24.9 Å². The normalized spacial score (nSPS) is 25.6. The summed E-state index contributed by atoms with van der Waals surface area (Å²) in [5.74, 6) is 1.13. The second-order valence-electron chi connectivity index (χ2n) is 11.1. The van der Waals surface area contributed by atoms with E-state index in [-0.39, 0.29) is 18.0 Å². The van der Waals surface area contributed by atoms with E-state index < -0.39 is 0 Å². The first-order valence-electron chi connectivity index (χ1n) is 13.3.